The second kappa shape index (κ2) is 7.97. The number of amides is 3. The fraction of sp³-hybridized carbons (Fsp3) is 0.261. The lowest BCUT2D eigenvalue weighted by molar-refractivity contribution is -0.385. The normalized spacial score (nSPS) is 25.0. The predicted octanol–water partition coefficient (Wildman–Crippen LogP) is 4.27. The van der Waals surface area contributed by atoms with Crippen molar-refractivity contribution in [1.29, 1.82) is 0 Å². The number of halogens is 2. The highest BCUT2D eigenvalue weighted by atomic mass is 35.5. The van der Waals surface area contributed by atoms with Crippen molar-refractivity contribution in [2.24, 2.45) is 23.7 Å². The van der Waals surface area contributed by atoms with Crippen LogP contribution in [0.4, 0.5) is 5.69 Å². The quantitative estimate of drug-likeness (QED) is 0.272. The zero-order chi connectivity index (χ0) is 23.4. The first-order valence-corrected chi connectivity index (χ1v) is 11.1. The molecule has 4 atom stereocenters. The summed E-state index contributed by atoms with van der Waals surface area (Å²) in [5.41, 5.74) is -0.112. The van der Waals surface area contributed by atoms with Crippen molar-refractivity contribution >= 4 is 46.6 Å². The number of imide groups is 1. The Labute approximate surface area is 198 Å². The molecule has 0 unspecified atom stereocenters. The molecule has 1 aliphatic heterocycles. The van der Waals surface area contributed by atoms with Gasteiger partial charge in [0.25, 0.3) is 23.4 Å². The lowest BCUT2D eigenvalue weighted by Gasteiger charge is -2.31. The lowest BCUT2D eigenvalue weighted by atomic mass is 9.85. The van der Waals surface area contributed by atoms with Crippen LogP contribution >= 0.6 is 23.2 Å². The van der Waals surface area contributed by atoms with Gasteiger partial charge in [-0.05, 0) is 42.5 Å². The minimum absolute atomic E-state index is 0.0522. The van der Waals surface area contributed by atoms with Gasteiger partial charge in [0.05, 0.1) is 39.5 Å². The van der Waals surface area contributed by atoms with Crippen LogP contribution in [0.2, 0.25) is 10.0 Å². The third-order valence-corrected chi connectivity index (χ3v) is 7.16. The molecule has 168 valence electrons. The fourth-order valence-corrected chi connectivity index (χ4v) is 5.52. The second-order valence-electron chi connectivity index (χ2n) is 8.36. The first kappa shape index (κ1) is 21.6. The van der Waals surface area contributed by atoms with Gasteiger partial charge in [-0.15, -0.1) is 0 Å². The number of hydrogen-bond donors (Lipinski definition) is 0. The van der Waals surface area contributed by atoms with Gasteiger partial charge in [-0.2, -0.15) is 5.01 Å². The van der Waals surface area contributed by atoms with E-state index in [9.17, 15) is 24.5 Å². The molecule has 3 aliphatic rings. The van der Waals surface area contributed by atoms with E-state index >= 15 is 0 Å². The van der Waals surface area contributed by atoms with Crippen LogP contribution in [-0.2, 0) is 16.1 Å². The van der Waals surface area contributed by atoms with E-state index in [0.717, 1.165) is 16.4 Å². The molecule has 0 aromatic heterocycles. The molecule has 0 N–H and O–H groups in total. The second-order valence-corrected chi connectivity index (χ2v) is 9.20. The summed E-state index contributed by atoms with van der Waals surface area (Å²) in [6.45, 7) is -0.378. The minimum atomic E-state index is -0.702. The molecule has 1 saturated carbocycles. The van der Waals surface area contributed by atoms with Crippen LogP contribution in [-0.4, -0.2) is 32.7 Å². The van der Waals surface area contributed by atoms with Gasteiger partial charge in [0.15, 0.2) is 0 Å². The number of nitro benzene ring substituents is 1. The van der Waals surface area contributed by atoms with Crippen molar-refractivity contribution in [1.82, 2.24) is 10.0 Å². The van der Waals surface area contributed by atoms with Crippen molar-refractivity contribution in [3.05, 3.63) is 85.9 Å². The number of carbonyl (C=O) groups is 3. The third kappa shape index (κ3) is 3.41. The maximum Gasteiger partial charge on any atom is 0.275 e. The van der Waals surface area contributed by atoms with Gasteiger partial charge in [0.2, 0.25) is 0 Å². The summed E-state index contributed by atoms with van der Waals surface area (Å²) in [5, 5.41) is 13.7. The van der Waals surface area contributed by atoms with Crippen molar-refractivity contribution < 1.29 is 19.3 Å². The number of nitro groups is 1. The summed E-state index contributed by atoms with van der Waals surface area (Å²) in [6.07, 6.45) is 4.64. The smallest absolute Gasteiger partial charge is 0.272 e. The number of benzene rings is 2. The Hall–Kier alpha value is -3.23. The molecule has 2 fully saturated rings. The third-order valence-electron chi connectivity index (χ3n) is 6.59. The monoisotopic (exact) mass is 485 g/mol. The summed E-state index contributed by atoms with van der Waals surface area (Å²) in [6, 6.07) is 10.3. The van der Waals surface area contributed by atoms with Gasteiger partial charge in [-0.1, -0.05) is 47.5 Å². The van der Waals surface area contributed by atoms with Crippen LogP contribution in [0.15, 0.2) is 54.6 Å². The Morgan fingerprint density at radius 1 is 1.06 bits per heavy atom. The summed E-state index contributed by atoms with van der Waals surface area (Å²) >= 11 is 12.2. The van der Waals surface area contributed by atoms with E-state index < -0.39 is 34.5 Å². The van der Waals surface area contributed by atoms with Crippen LogP contribution in [0.25, 0.3) is 0 Å². The number of allylic oxidation sites excluding steroid dienone is 2. The Bertz CT molecular complexity index is 1220. The summed E-state index contributed by atoms with van der Waals surface area (Å²) in [7, 11) is 0. The Kier molecular flexibility index (Phi) is 5.22. The SMILES string of the molecule is O=C(c1ccccc1Cl)N(Cc1ccc(Cl)cc1[N+](=O)[O-])N1C(=O)[C@@H]2[C@@H](C1=O)[C@H]1C=C[C@H]2C1. The lowest BCUT2D eigenvalue weighted by Crippen LogP contribution is -2.50. The van der Waals surface area contributed by atoms with Crippen LogP contribution in [0.5, 0.6) is 0 Å². The van der Waals surface area contributed by atoms with Crippen molar-refractivity contribution in [2.45, 2.75) is 13.0 Å². The largest absolute Gasteiger partial charge is 0.275 e. The molecule has 0 spiro atoms. The maximum atomic E-state index is 13.6. The molecule has 10 heteroatoms. The maximum absolute atomic E-state index is 13.6. The van der Waals surface area contributed by atoms with Crippen LogP contribution in [0.3, 0.4) is 0 Å². The van der Waals surface area contributed by atoms with E-state index in [0.29, 0.717) is 0 Å². The van der Waals surface area contributed by atoms with Gasteiger partial charge in [-0.3, -0.25) is 24.5 Å². The van der Waals surface area contributed by atoms with Crippen LogP contribution < -0.4 is 0 Å². The molecule has 2 aromatic rings. The van der Waals surface area contributed by atoms with E-state index in [1.165, 1.54) is 30.3 Å². The standard InChI is InChI=1S/C23H17Cl2N3O5/c24-15-8-7-14(18(10-15)28(32)33)11-26(21(29)16-3-1-2-4-17(16)25)27-22(30)19-12-5-6-13(9-12)20(19)23(27)31/h1-8,10,12-13,19-20H,9,11H2/t12-,13-,19-,20-/m0/s1. The molecule has 1 heterocycles. The summed E-state index contributed by atoms with van der Waals surface area (Å²) < 4.78 is 0. The molecule has 2 bridgehead atoms. The topological polar surface area (TPSA) is 101 Å². The highest BCUT2D eigenvalue weighted by Crippen LogP contribution is 2.53. The fourth-order valence-electron chi connectivity index (χ4n) is 5.13. The first-order chi connectivity index (χ1) is 15.8. The molecule has 3 amide bonds. The van der Waals surface area contributed by atoms with Crippen LogP contribution in [0, 0.1) is 33.8 Å². The Morgan fingerprint density at radius 3 is 2.30 bits per heavy atom. The van der Waals surface area contributed by atoms with Crippen molar-refractivity contribution in [2.75, 3.05) is 0 Å². The predicted molar refractivity (Wildman–Crippen MR) is 119 cm³/mol. The van der Waals surface area contributed by atoms with Crippen molar-refractivity contribution in [3.63, 3.8) is 0 Å². The van der Waals surface area contributed by atoms with E-state index in [2.05, 4.69) is 0 Å². The number of carbonyl (C=O) groups excluding carboxylic acids is 3. The highest BCUT2D eigenvalue weighted by Gasteiger charge is 2.61. The van der Waals surface area contributed by atoms with Gasteiger partial charge >= 0.3 is 0 Å². The van der Waals surface area contributed by atoms with Gasteiger partial charge in [-0.25, -0.2) is 5.01 Å². The van der Waals surface area contributed by atoms with Gasteiger partial charge in [0.1, 0.15) is 0 Å². The molecule has 2 aliphatic carbocycles. The molecule has 1 saturated heterocycles. The number of hydrogen-bond acceptors (Lipinski definition) is 5. The summed E-state index contributed by atoms with van der Waals surface area (Å²) in [4.78, 5) is 51.4. The molecule has 33 heavy (non-hydrogen) atoms. The van der Waals surface area contributed by atoms with E-state index in [1.54, 1.807) is 12.1 Å². The minimum Gasteiger partial charge on any atom is -0.272 e. The Balaban J connectivity index is 1.58. The van der Waals surface area contributed by atoms with Gasteiger partial charge < -0.3 is 0 Å². The van der Waals surface area contributed by atoms with Crippen LogP contribution in [0.1, 0.15) is 22.3 Å². The zero-order valence-corrected chi connectivity index (χ0v) is 18.6. The number of rotatable bonds is 5. The number of hydrazine groups is 1. The zero-order valence-electron chi connectivity index (χ0n) is 17.1. The molecule has 0 radical (unpaired) electrons. The molecule has 8 nitrogen and oxygen atoms in total. The van der Waals surface area contributed by atoms with E-state index in [1.807, 2.05) is 12.2 Å². The number of fused-ring (bicyclic) bond motifs is 5. The molecular formula is C23H17Cl2N3O5. The Morgan fingerprint density at radius 2 is 1.70 bits per heavy atom. The number of nitrogens with zero attached hydrogens (tertiary/aromatic N) is 3. The first-order valence-electron chi connectivity index (χ1n) is 10.3. The molecular weight excluding hydrogens is 469 g/mol. The van der Waals surface area contributed by atoms with E-state index in [4.69, 9.17) is 23.2 Å². The van der Waals surface area contributed by atoms with Gasteiger partial charge in [0, 0.05) is 11.1 Å². The molecule has 5 rings (SSSR count). The van der Waals surface area contributed by atoms with Crippen molar-refractivity contribution in [3.8, 4) is 0 Å². The average molecular weight is 486 g/mol. The molecule has 2 aromatic carbocycles. The van der Waals surface area contributed by atoms with E-state index in [-0.39, 0.29) is 45.2 Å². The highest BCUT2D eigenvalue weighted by molar-refractivity contribution is 6.34. The average Bonchev–Trinajstić information content (AvgIpc) is 3.47. The summed E-state index contributed by atoms with van der Waals surface area (Å²) in [5.74, 6) is -2.82.